The summed E-state index contributed by atoms with van der Waals surface area (Å²) >= 11 is 0. The van der Waals surface area contributed by atoms with Crippen LogP contribution in [0.15, 0.2) is 48.5 Å². The number of carbonyl (C=O) groups is 2. The van der Waals surface area contributed by atoms with Crippen molar-refractivity contribution in [2.24, 2.45) is 29.6 Å². The second-order valence-corrected chi connectivity index (χ2v) is 15.5. The van der Waals surface area contributed by atoms with E-state index in [2.05, 4.69) is 29.6 Å². The van der Waals surface area contributed by atoms with Crippen molar-refractivity contribution in [2.45, 2.75) is 63.9 Å². The largest absolute Gasteiger partial charge is 0.481 e. The van der Waals surface area contributed by atoms with Crippen LogP contribution in [0.25, 0.3) is 11.1 Å². The topological polar surface area (TPSA) is 102 Å². The fraction of sp³-hybridized carbons (Fsp3) is 0.562. The second-order valence-electron chi connectivity index (χ2n) is 13.0. The quantitative estimate of drug-likeness (QED) is 0.298. The van der Waals surface area contributed by atoms with Gasteiger partial charge in [-0.2, -0.15) is 0 Å². The molecule has 0 saturated heterocycles. The first kappa shape index (κ1) is 27.5. The molecule has 4 fully saturated rings. The number of nitrogens with one attached hydrogen (secondary N) is 1. The highest BCUT2D eigenvalue weighted by molar-refractivity contribution is 7.59. The molecule has 0 spiro atoms. The number of carboxylic acid groups (broad SMARTS) is 1. The normalized spacial score (nSPS) is 28.5. The Morgan fingerprint density at radius 2 is 1.48 bits per heavy atom. The van der Waals surface area contributed by atoms with Gasteiger partial charge in [0.05, 0.1) is 17.8 Å². The standard InChI is InChI=1S/C32H40NO6P/c1-20(2)29(30(34)35)18-40(37,39-32-14-21-11-22(15-32)13-23(12-21)16-32)19-33-31(36)38-17-28-26-9-5-3-7-24(26)25-8-4-6-10-27(25)28/h3-10,20-23,28-29H,11-19H2,1-2H3,(H,33,36)(H,34,35). The highest BCUT2D eigenvalue weighted by atomic mass is 31.2. The van der Waals surface area contributed by atoms with Crippen molar-refractivity contribution in [3.8, 4) is 11.1 Å². The number of hydrogen-bond acceptors (Lipinski definition) is 5. The Morgan fingerprint density at radius 1 is 0.950 bits per heavy atom. The van der Waals surface area contributed by atoms with E-state index in [1.807, 2.05) is 38.1 Å². The molecule has 8 heteroatoms. The predicted octanol–water partition coefficient (Wildman–Crippen LogP) is 7.10. The Bertz CT molecular complexity index is 1260. The van der Waals surface area contributed by atoms with Gasteiger partial charge in [-0.15, -0.1) is 0 Å². The molecule has 2 aromatic rings. The fourth-order valence-electron chi connectivity index (χ4n) is 8.34. The maximum Gasteiger partial charge on any atom is 0.407 e. The van der Waals surface area contributed by atoms with Gasteiger partial charge in [0.15, 0.2) is 0 Å². The SMILES string of the molecule is CC(C)C(CP(=O)(CNC(=O)OCC1c2ccccc2-c2ccccc21)OC12CC3CC(CC(C3)C1)C2)C(=O)O. The lowest BCUT2D eigenvalue weighted by Gasteiger charge is -2.56. The summed E-state index contributed by atoms with van der Waals surface area (Å²) in [6, 6.07) is 16.3. The van der Waals surface area contributed by atoms with Gasteiger partial charge in [-0.1, -0.05) is 62.4 Å². The van der Waals surface area contributed by atoms with Crippen LogP contribution in [0, 0.1) is 29.6 Å². The minimum atomic E-state index is -3.53. The Hall–Kier alpha value is -2.63. The summed E-state index contributed by atoms with van der Waals surface area (Å²) in [6.07, 6.45) is 5.33. The maximum absolute atomic E-state index is 14.5. The van der Waals surface area contributed by atoms with Crippen LogP contribution in [0.1, 0.15) is 69.4 Å². The summed E-state index contributed by atoms with van der Waals surface area (Å²) in [7, 11) is -3.53. The molecular formula is C32H40NO6P. The number of carboxylic acids is 1. The summed E-state index contributed by atoms with van der Waals surface area (Å²) in [5, 5.41) is 12.6. The Labute approximate surface area is 236 Å². The first-order valence-electron chi connectivity index (χ1n) is 14.7. The van der Waals surface area contributed by atoms with Crippen molar-refractivity contribution < 1.29 is 28.5 Å². The van der Waals surface area contributed by atoms with Crippen molar-refractivity contribution in [1.82, 2.24) is 5.32 Å². The summed E-state index contributed by atoms with van der Waals surface area (Å²) in [5.74, 6) is -0.305. The third kappa shape index (κ3) is 5.35. The van der Waals surface area contributed by atoms with Crippen molar-refractivity contribution >= 4 is 19.4 Å². The molecule has 0 aromatic heterocycles. The van der Waals surface area contributed by atoms with Gasteiger partial charge in [-0.25, -0.2) is 4.79 Å². The van der Waals surface area contributed by atoms with Crippen LogP contribution in [-0.4, -0.2) is 41.8 Å². The van der Waals surface area contributed by atoms with Gasteiger partial charge in [0.2, 0.25) is 7.37 Å². The molecule has 5 aliphatic rings. The van der Waals surface area contributed by atoms with E-state index in [4.69, 9.17) is 9.26 Å². The smallest absolute Gasteiger partial charge is 0.407 e. The molecular weight excluding hydrogens is 525 g/mol. The number of amides is 1. The minimum absolute atomic E-state index is 0.0782. The average molecular weight is 566 g/mol. The number of benzene rings is 2. The van der Waals surface area contributed by atoms with Crippen LogP contribution >= 0.6 is 7.37 Å². The molecule has 2 N–H and O–H groups in total. The molecule has 214 valence electrons. The van der Waals surface area contributed by atoms with Crippen LogP contribution in [-0.2, 0) is 18.6 Å². The molecule has 7 nitrogen and oxygen atoms in total. The maximum atomic E-state index is 14.5. The molecule has 2 atom stereocenters. The number of hydrogen-bond donors (Lipinski definition) is 2. The molecule has 0 aliphatic heterocycles. The van der Waals surface area contributed by atoms with Gasteiger partial charge in [-0.05, 0) is 84.5 Å². The lowest BCUT2D eigenvalue weighted by molar-refractivity contribution is -0.142. The first-order chi connectivity index (χ1) is 19.1. The number of rotatable bonds is 10. The molecule has 40 heavy (non-hydrogen) atoms. The zero-order valence-corrected chi connectivity index (χ0v) is 24.3. The van der Waals surface area contributed by atoms with Crippen LogP contribution in [0.5, 0.6) is 0 Å². The number of ether oxygens (including phenoxy) is 1. The van der Waals surface area contributed by atoms with E-state index in [0.29, 0.717) is 17.8 Å². The third-order valence-electron chi connectivity index (χ3n) is 9.75. The number of fused-ring (bicyclic) bond motifs is 3. The van der Waals surface area contributed by atoms with E-state index >= 15 is 0 Å². The number of carbonyl (C=O) groups excluding carboxylic acids is 1. The van der Waals surface area contributed by atoms with Crippen LogP contribution in [0.4, 0.5) is 4.79 Å². The first-order valence-corrected chi connectivity index (χ1v) is 16.7. The highest BCUT2D eigenvalue weighted by Gasteiger charge is 2.54. The zero-order valence-electron chi connectivity index (χ0n) is 23.4. The van der Waals surface area contributed by atoms with Gasteiger partial charge < -0.3 is 19.7 Å². The van der Waals surface area contributed by atoms with Gasteiger partial charge in [-0.3, -0.25) is 9.36 Å². The van der Waals surface area contributed by atoms with E-state index in [9.17, 15) is 19.3 Å². The molecule has 5 aliphatic carbocycles. The molecule has 4 bridgehead atoms. The average Bonchev–Trinajstić information content (AvgIpc) is 3.22. The van der Waals surface area contributed by atoms with Crippen LogP contribution < -0.4 is 5.32 Å². The van der Waals surface area contributed by atoms with Gasteiger partial charge in [0.1, 0.15) is 6.61 Å². The van der Waals surface area contributed by atoms with Crippen molar-refractivity contribution in [1.29, 1.82) is 0 Å². The molecule has 2 aromatic carbocycles. The third-order valence-corrected chi connectivity index (χ3v) is 12.1. The molecule has 2 unspecified atom stereocenters. The lowest BCUT2D eigenvalue weighted by atomic mass is 9.54. The predicted molar refractivity (Wildman–Crippen MR) is 153 cm³/mol. The molecule has 4 saturated carbocycles. The van der Waals surface area contributed by atoms with E-state index < -0.39 is 31.0 Å². The zero-order chi connectivity index (χ0) is 28.1. The Kier molecular flexibility index (Phi) is 7.33. The summed E-state index contributed by atoms with van der Waals surface area (Å²) in [4.78, 5) is 25.0. The van der Waals surface area contributed by atoms with Crippen molar-refractivity contribution in [3.05, 3.63) is 59.7 Å². The van der Waals surface area contributed by atoms with Crippen LogP contribution in [0.2, 0.25) is 0 Å². The molecule has 7 rings (SSSR count). The summed E-state index contributed by atoms with van der Waals surface area (Å²) in [6.45, 7) is 3.81. The molecule has 0 radical (unpaired) electrons. The number of aliphatic carboxylic acids is 1. The van der Waals surface area contributed by atoms with Gasteiger partial charge in [0, 0.05) is 12.1 Å². The van der Waals surface area contributed by atoms with E-state index in [-0.39, 0.29) is 30.9 Å². The van der Waals surface area contributed by atoms with E-state index in [0.717, 1.165) is 41.5 Å². The molecule has 1 amide bonds. The second kappa shape index (κ2) is 10.6. The Balaban J connectivity index is 1.15. The highest BCUT2D eigenvalue weighted by Crippen LogP contribution is 2.63. The van der Waals surface area contributed by atoms with E-state index in [1.165, 1.54) is 19.3 Å². The van der Waals surface area contributed by atoms with Crippen LogP contribution in [0.3, 0.4) is 0 Å². The lowest BCUT2D eigenvalue weighted by Crippen LogP contribution is -2.52. The van der Waals surface area contributed by atoms with Gasteiger partial charge in [0.25, 0.3) is 0 Å². The Morgan fingerprint density at radius 3 is 1.98 bits per heavy atom. The van der Waals surface area contributed by atoms with Gasteiger partial charge >= 0.3 is 12.1 Å². The summed E-state index contributed by atoms with van der Waals surface area (Å²) < 4.78 is 26.8. The molecule has 0 heterocycles. The number of alkyl carbamates (subject to hydrolysis) is 1. The van der Waals surface area contributed by atoms with Crippen molar-refractivity contribution in [2.75, 3.05) is 19.1 Å². The van der Waals surface area contributed by atoms with Crippen molar-refractivity contribution in [3.63, 3.8) is 0 Å². The van der Waals surface area contributed by atoms with E-state index in [1.54, 1.807) is 0 Å². The fourth-order valence-corrected chi connectivity index (χ4v) is 11.1. The monoisotopic (exact) mass is 565 g/mol. The minimum Gasteiger partial charge on any atom is -0.481 e. The summed E-state index contributed by atoms with van der Waals surface area (Å²) in [5.41, 5.74) is 4.07.